The maximum atomic E-state index is 12.6. The lowest BCUT2D eigenvalue weighted by Gasteiger charge is -2.13. The van der Waals surface area contributed by atoms with E-state index in [1.54, 1.807) is 17.7 Å². The zero-order valence-corrected chi connectivity index (χ0v) is 17.5. The van der Waals surface area contributed by atoms with Gasteiger partial charge in [-0.25, -0.2) is 9.97 Å². The van der Waals surface area contributed by atoms with Crippen LogP contribution >= 0.6 is 23.1 Å². The van der Waals surface area contributed by atoms with E-state index in [-0.39, 0.29) is 5.91 Å². The van der Waals surface area contributed by atoms with E-state index in [0.717, 1.165) is 39.5 Å². The van der Waals surface area contributed by atoms with Crippen LogP contribution in [0.25, 0.3) is 10.2 Å². The Labute approximate surface area is 167 Å². The number of hydrogen-bond donors (Lipinski definition) is 1. The molecule has 4 rings (SSSR count). The van der Waals surface area contributed by atoms with Gasteiger partial charge in [-0.05, 0) is 63.1 Å². The minimum absolute atomic E-state index is 0.00547. The first-order chi connectivity index (χ1) is 13.0. The number of carbonyl (C=O) groups excluding carboxylic acids is 1. The number of nitrogens with zero attached hydrogens (tertiary/aromatic N) is 2. The molecule has 1 N–H and O–H groups in total. The number of anilines is 1. The molecule has 0 saturated carbocycles. The van der Waals surface area contributed by atoms with Crippen LogP contribution in [0.4, 0.5) is 5.69 Å². The Morgan fingerprint density at radius 2 is 1.89 bits per heavy atom. The predicted octanol–water partition coefficient (Wildman–Crippen LogP) is 5.23. The molecule has 1 aliphatic rings. The fourth-order valence-corrected chi connectivity index (χ4v) is 5.98. The van der Waals surface area contributed by atoms with E-state index in [1.165, 1.54) is 46.0 Å². The third kappa shape index (κ3) is 3.73. The first-order valence-corrected chi connectivity index (χ1v) is 11.1. The van der Waals surface area contributed by atoms with Crippen molar-refractivity contribution in [3.05, 3.63) is 45.6 Å². The maximum Gasteiger partial charge on any atom is 0.234 e. The van der Waals surface area contributed by atoms with E-state index < -0.39 is 0 Å². The molecule has 4 nitrogen and oxygen atoms in total. The summed E-state index contributed by atoms with van der Waals surface area (Å²) >= 11 is 3.30. The number of aryl methyl sites for hydroxylation is 5. The van der Waals surface area contributed by atoms with Crippen molar-refractivity contribution in [2.45, 2.75) is 51.5 Å². The van der Waals surface area contributed by atoms with E-state index in [1.807, 2.05) is 13.8 Å². The number of aromatic nitrogens is 2. The van der Waals surface area contributed by atoms with Crippen molar-refractivity contribution < 1.29 is 4.79 Å². The normalized spacial score (nSPS) is 13.6. The molecule has 2 heterocycles. The zero-order chi connectivity index (χ0) is 19.0. The number of fused-ring (bicyclic) bond motifs is 3. The summed E-state index contributed by atoms with van der Waals surface area (Å²) in [4.78, 5) is 24.0. The van der Waals surface area contributed by atoms with Crippen LogP contribution in [-0.4, -0.2) is 21.6 Å². The van der Waals surface area contributed by atoms with Crippen LogP contribution in [0, 0.1) is 20.8 Å². The summed E-state index contributed by atoms with van der Waals surface area (Å²) < 4.78 is 0. The Kier molecular flexibility index (Phi) is 5.19. The molecule has 140 valence electrons. The molecule has 1 aromatic carbocycles. The van der Waals surface area contributed by atoms with Gasteiger partial charge in [-0.3, -0.25) is 4.79 Å². The summed E-state index contributed by atoms with van der Waals surface area (Å²) in [6.45, 7) is 6.14. The van der Waals surface area contributed by atoms with E-state index in [0.29, 0.717) is 5.75 Å². The van der Waals surface area contributed by atoms with E-state index in [9.17, 15) is 4.79 Å². The van der Waals surface area contributed by atoms with Gasteiger partial charge in [0.2, 0.25) is 5.91 Å². The molecular formula is C21H23N3OS2. The smallest absolute Gasteiger partial charge is 0.234 e. The van der Waals surface area contributed by atoms with Crippen LogP contribution in [0.1, 0.15) is 40.0 Å². The first kappa shape index (κ1) is 18.4. The molecule has 0 bridgehead atoms. The van der Waals surface area contributed by atoms with Gasteiger partial charge in [-0.2, -0.15) is 0 Å². The standard InChI is InChI=1S/C21H23N3OS2/c1-12-8-13(2)19(14(3)9-12)24-17(25)10-26-20-18-15-6-4-5-7-16(15)27-21(18)23-11-22-20/h8-9,11H,4-7,10H2,1-3H3,(H,24,25). The highest BCUT2D eigenvalue weighted by Gasteiger charge is 2.20. The van der Waals surface area contributed by atoms with Crippen molar-refractivity contribution >= 4 is 44.9 Å². The van der Waals surface area contributed by atoms with Gasteiger partial charge in [-0.15, -0.1) is 11.3 Å². The second-order valence-corrected chi connectivity index (χ2v) is 9.23. The lowest BCUT2D eigenvalue weighted by atomic mass is 9.97. The SMILES string of the molecule is Cc1cc(C)c(NC(=O)CSc2ncnc3sc4c(c23)CCCC4)c(C)c1. The van der Waals surface area contributed by atoms with Crippen molar-refractivity contribution in [1.82, 2.24) is 9.97 Å². The second kappa shape index (κ2) is 7.60. The van der Waals surface area contributed by atoms with Crippen molar-refractivity contribution in [2.75, 3.05) is 11.1 Å². The van der Waals surface area contributed by atoms with Gasteiger partial charge < -0.3 is 5.32 Å². The molecule has 6 heteroatoms. The second-order valence-electron chi connectivity index (χ2n) is 7.18. The molecule has 0 atom stereocenters. The van der Waals surface area contributed by atoms with Gasteiger partial charge in [-0.1, -0.05) is 29.5 Å². The Bertz CT molecular complexity index is 1000. The van der Waals surface area contributed by atoms with Crippen LogP contribution in [0.5, 0.6) is 0 Å². The Morgan fingerprint density at radius 1 is 1.15 bits per heavy atom. The monoisotopic (exact) mass is 397 g/mol. The lowest BCUT2D eigenvalue weighted by molar-refractivity contribution is -0.113. The van der Waals surface area contributed by atoms with Gasteiger partial charge in [0.25, 0.3) is 0 Å². The zero-order valence-electron chi connectivity index (χ0n) is 15.9. The van der Waals surface area contributed by atoms with Crippen molar-refractivity contribution in [1.29, 1.82) is 0 Å². The number of thiophene rings is 1. The van der Waals surface area contributed by atoms with Crippen molar-refractivity contribution in [2.24, 2.45) is 0 Å². The van der Waals surface area contributed by atoms with Crippen LogP contribution in [-0.2, 0) is 17.6 Å². The number of carbonyl (C=O) groups is 1. The van der Waals surface area contributed by atoms with Gasteiger partial charge in [0.15, 0.2) is 0 Å². The predicted molar refractivity (Wildman–Crippen MR) is 114 cm³/mol. The maximum absolute atomic E-state index is 12.6. The summed E-state index contributed by atoms with van der Waals surface area (Å²) in [5.41, 5.74) is 5.74. The number of benzene rings is 1. The van der Waals surface area contributed by atoms with E-state index >= 15 is 0 Å². The van der Waals surface area contributed by atoms with Gasteiger partial charge in [0.1, 0.15) is 16.2 Å². The molecule has 0 radical (unpaired) electrons. The highest BCUT2D eigenvalue weighted by molar-refractivity contribution is 8.00. The molecule has 0 spiro atoms. The molecular weight excluding hydrogens is 374 g/mol. The molecule has 0 saturated heterocycles. The molecule has 0 aliphatic heterocycles. The summed E-state index contributed by atoms with van der Waals surface area (Å²) in [5.74, 6) is 0.356. The Morgan fingerprint density at radius 3 is 2.67 bits per heavy atom. The van der Waals surface area contributed by atoms with Gasteiger partial charge in [0.05, 0.1) is 5.75 Å². The average molecular weight is 398 g/mol. The molecule has 0 unspecified atom stereocenters. The van der Waals surface area contributed by atoms with Crippen molar-refractivity contribution in [3.63, 3.8) is 0 Å². The summed E-state index contributed by atoms with van der Waals surface area (Å²) in [6.07, 6.45) is 6.35. The quantitative estimate of drug-likeness (QED) is 0.484. The molecule has 1 amide bonds. The topological polar surface area (TPSA) is 54.9 Å². The van der Waals surface area contributed by atoms with Crippen LogP contribution < -0.4 is 5.32 Å². The molecule has 0 fully saturated rings. The number of rotatable bonds is 4. The number of nitrogens with one attached hydrogen (secondary N) is 1. The Hall–Kier alpha value is -1.92. The third-order valence-corrected chi connectivity index (χ3v) is 7.19. The molecule has 2 aromatic heterocycles. The van der Waals surface area contributed by atoms with E-state index in [2.05, 4.69) is 34.3 Å². The fourth-order valence-electron chi connectivity index (χ4n) is 3.86. The molecule has 1 aliphatic carbocycles. The summed E-state index contributed by atoms with van der Waals surface area (Å²) in [7, 11) is 0. The van der Waals surface area contributed by atoms with Gasteiger partial charge >= 0.3 is 0 Å². The van der Waals surface area contributed by atoms with Crippen LogP contribution in [0.3, 0.4) is 0 Å². The van der Waals surface area contributed by atoms with Crippen LogP contribution in [0.15, 0.2) is 23.5 Å². The van der Waals surface area contributed by atoms with E-state index in [4.69, 9.17) is 0 Å². The highest BCUT2D eigenvalue weighted by Crippen LogP contribution is 2.39. The molecule has 27 heavy (non-hydrogen) atoms. The average Bonchev–Trinajstić information content (AvgIpc) is 3.02. The minimum Gasteiger partial charge on any atom is -0.325 e. The van der Waals surface area contributed by atoms with Crippen molar-refractivity contribution in [3.8, 4) is 0 Å². The number of hydrogen-bond acceptors (Lipinski definition) is 5. The number of thioether (sulfide) groups is 1. The Balaban J connectivity index is 1.52. The van der Waals surface area contributed by atoms with Gasteiger partial charge in [0, 0.05) is 16.0 Å². The fraction of sp³-hybridized carbons (Fsp3) is 0.381. The first-order valence-electron chi connectivity index (χ1n) is 9.28. The number of amides is 1. The highest BCUT2D eigenvalue weighted by atomic mass is 32.2. The molecule has 3 aromatic rings. The van der Waals surface area contributed by atoms with Crippen LogP contribution in [0.2, 0.25) is 0 Å². The third-order valence-electron chi connectivity index (χ3n) is 5.00. The minimum atomic E-state index is 0.00547. The summed E-state index contributed by atoms with van der Waals surface area (Å²) in [6, 6.07) is 4.20. The lowest BCUT2D eigenvalue weighted by Crippen LogP contribution is -2.16. The summed E-state index contributed by atoms with van der Waals surface area (Å²) in [5, 5.41) is 5.19. The largest absolute Gasteiger partial charge is 0.325 e.